The number of carboxylic acids is 1. The van der Waals surface area contributed by atoms with Crippen molar-refractivity contribution in [2.75, 3.05) is 13.2 Å². The molecule has 1 unspecified atom stereocenters. The lowest BCUT2D eigenvalue weighted by Gasteiger charge is -2.29. The Balaban J connectivity index is 1.54. The van der Waals surface area contributed by atoms with Gasteiger partial charge in [-0.15, -0.1) is 0 Å². The van der Waals surface area contributed by atoms with Gasteiger partial charge in [0.05, 0.1) is 0 Å². The van der Waals surface area contributed by atoms with Crippen molar-refractivity contribution in [3.63, 3.8) is 0 Å². The third-order valence-electron chi connectivity index (χ3n) is 5.06. The van der Waals surface area contributed by atoms with E-state index in [9.17, 15) is 14.7 Å². The van der Waals surface area contributed by atoms with Crippen molar-refractivity contribution in [1.29, 1.82) is 0 Å². The summed E-state index contributed by atoms with van der Waals surface area (Å²) in [5.41, 5.74) is 4.59. The number of fused-ring (bicyclic) bond motifs is 3. The molecule has 1 amide bonds. The molecule has 2 aromatic rings. The highest BCUT2D eigenvalue weighted by atomic mass is 16.6. The molecule has 0 spiro atoms. The second kappa shape index (κ2) is 6.67. The van der Waals surface area contributed by atoms with E-state index in [2.05, 4.69) is 24.3 Å². The van der Waals surface area contributed by atoms with Gasteiger partial charge in [0.1, 0.15) is 12.6 Å². The Morgan fingerprint density at radius 3 is 2.23 bits per heavy atom. The number of amides is 1. The van der Waals surface area contributed by atoms with E-state index >= 15 is 0 Å². The molecule has 0 saturated heterocycles. The first-order valence-electron chi connectivity index (χ1n) is 8.66. The second-order valence-corrected chi connectivity index (χ2v) is 6.52. The highest BCUT2D eigenvalue weighted by Gasteiger charge is 2.33. The van der Waals surface area contributed by atoms with Crippen LogP contribution < -0.4 is 0 Å². The minimum atomic E-state index is -1.01. The van der Waals surface area contributed by atoms with Crippen LogP contribution in [0.4, 0.5) is 4.79 Å². The topological polar surface area (TPSA) is 66.8 Å². The zero-order valence-corrected chi connectivity index (χ0v) is 14.2. The predicted molar refractivity (Wildman–Crippen MR) is 97.0 cm³/mol. The lowest BCUT2D eigenvalue weighted by molar-refractivity contribution is -0.142. The predicted octanol–water partition coefficient (Wildman–Crippen LogP) is 3.65. The van der Waals surface area contributed by atoms with Crippen molar-refractivity contribution >= 4 is 12.1 Å². The maximum Gasteiger partial charge on any atom is 0.410 e. The van der Waals surface area contributed by atoms with Crippen LogP contribution in [-0.2, 0) is 9.53 Å². The molecule has 1 aliphatic heterocycles. The van der Waals surface area contributed by atoms with E-state index in [1.165, 1.54) is 4.90 Å². The first-order valence-corrected chi connectivity index (χ1v) is 8.66. The molecule has 5 nitrogen and oxygen atoms in total. The van der Waals surface area contributed by atoms with E-state index < -0.39 is 18.1 Å². The lowest BCUT2D eigenvalue weighted by atomic mass is 9.98. The highest BCUT2D eigenvalue weighted by Crippen LogP contribution is 2.44. The van der Waals surface area contributed by atoms with Crippen molar-refractivity contribution in [3.05, 3.63) is 71.8 Å². The molecular weight excluding hydrogens is 330 g/mol. The molecule has 0 aromatic heterocycles. The molecule has 0 bridgehead atoms. The van der Waals surface area contributed by atoms with Crippen molar-refractivity contribution in [1.82, 2.24) is 4.90 Å². The number of rotatable bonds is 3. The minimum absolute atomic E-state index is 0.0324. The third-order valence-corrected chi connectivity index (χ3v) is 5.06. The van der Waals surface area contributed by atoms with Gasteiger partial charge in [-0.1, -0.05) is 60.7 Å². The summed E-state index contributed by atoms with van der Waals surface area (Å²) >= 11 is 0. The smallest absolute Gasteiger partial charge is 0.410 e. The van der Waals surface area contributed by atoms with Crippen LogP contribution >= 0.6 is 0 Å². The number of ether oxygens (including phenoxy) is 1. The summed E-state index contributed by atoms with van der Waals surface area (Å²) in [6, 6.07) is 15.4. The molecule has 5 heteroatoms. The molecule has 0 radical (unpaired) electrons. The summed E-state index contributed by atoms with van der Waals surface area (Å²) in [5.74, 6) is -1.04. The number of carboxylic acid groups (broad SMARTS) is 1. The van der Waals surface area contributed by atoms with Crippen molar-refractivity contribution in [2.45, 2.75) is 18.4 Å². The molecule has 26 heavy (non-hydrogen) atoms. The average Bonchev–Trinajstić information content (AvgIpc) is 3.00. The molecule has 0 fully saturated rings. The fourth-order valence-corrected chi connectivity index (χ4v) is 3.78. The van der Waals surface area contributed by atoms with E-state index in [4.69, 9.17) is 4.74 Å². The summed E-state index contributed by atoms with van der Waals surface area (Å²) < 4.78 is 5.55. The fourth-order valence-electron chi connectivity index (χ4n) is 3.78. The van der Waals surface area contributed by atoms with Gasteiger partial charge in [0.2, 0.25) is 0 Å². The summed E-state index contributed by atoms with van der Waals surface area (Å²) in [5, 5.41) is 9.31. The zero-order valence-electron chi connectivity index (χ0n) is 14.2. The molecule has 4 rings (SSSR count). The number of aliphatic carboxylic acids is 1. The molecule has 0 saturated carbocycles. The molecule has 1 heterocycles. The molecular formula is C21H19NO4. The van der Waals surface area contributed by atoms with Crippen LogP contribution in [0.2, 0.25) is 0 Å². The minimum Gasteiger partial charge on any atom is -0.480 e. The third kappa shape index (κ3) is 2.75. The van der Waals surface area contributed by atoms with Gasteiger partial charge in [0.15, 0.2) is 0 Å². The van der Waals surface area contributed by atoms with Gasteiger partial charge < -0.3 is 9.84 Å². The van der Waals surface area contributed by atoms with Gasteiger partial charge in [0, 0.05) is 12.5 Å². The number of carbonyl (C=O) groups excluding carboxylic acids is 1. The maximum atomic E-state index is 12.5. The normalized spacial score (nSPS) is 18.3. The van der Waals surface area contributed by atoms with E-state index in [0.29, 0.717) is 6.42 Å². The Morgan fingerprint density at radius 1 is 1.00 bits per heavy atom. The van der Waals surface area contributed by atoms with E-state index in [1.54, 1.807) is 12.2 Å². The van der Waals surface area contributed by atoms with E-state index in [1.807, 2.05) is 24.3 Å². The van der Waals surface area contributed by atoms with Crippen molar-refractivity contribution < 1.29 is 19.4 Å². The first kappa shape index (κ1) is 16.4. The van der Waals surface area contributed by atoms with E-state index in [0.717, 1.165) is 22.3 Å². The van der Waals surface area contributed by atoms with Crippen LogP contribution in [0.1, 0.15) is 23.5 Å². The Hall–Kier alpha value is -3.08. The summed E-state index contributed by atoms with van der Waals surface area (Å²) in [7, 11) is 0. The Labute approximate surface area is 151 Å². The van der Waals surface area contributed by atoms with Gasteiger partial charge in [-0.3, -0.25) is 4.90 Å². The molecule has 2 aliphatic rings. The number of hydrogen-bond donors (Lipinski definition) is 1. The summed E-state index contributed by atoms with van der Waals surface area (Å²) in [6.45, 7) is 0.451. The van der Waals surface area contributed by atoms with Crippen LogP contribution in [0.5, 0.6) is 0 Å². The van der Waals surface area contributed by atoms with Crippen molar-refractivity contribution in [3.8, 4) is 11.1 Å². The van der Waals surface area contributed by atoms with Crippen LogP contribution in [0.15, 0.2) is 60.7 Å². The van der Waals surface area contributed by atoms with Crippen LogP contribution in [-0.4, -0.2) is 41.3 Å². The molecule has 1 N–H and O–H groups in total. The maximum absolute atomic E-state index is 12.5. The molecule has 132 valence electrons. The Kier molecular flexibility index (Phi) is 4.21. The highest BCUT2D eigenvalue weighted by molar-refractivity contribution is 5.81. The number of carbonyl (C=O) groups is 2. The standard InChI is InChI=1S/C21H19NO4/c23-20(24)19-11-5-6-12-22(19)21(25)26-13-18-16-9-3-1-7-14(16)15-8-2-4-10-17(15)18/h1-10,18-19H,11-13H2,(H,23,24). The van der Waals surface area contributed by atoms with Gasteiger partial charge in [-0.25, -0.2) is 9.59 Å². The SMILES string of the molecule is O=C(O)C1CC=CCN1C(=O)OCC1c2ccccc2-c2ccccc21. The number of nitrogens with zero attached hydrogens (tertiary/aromatic N) is 1. The van der Waals surface area contributed by atoms with E-state index in [-0.39, 0.29) is 19.1 Å². The average molecular weight is 349 g/mol. The van der Waals surface area contributed by atoms with Crippen molar-refractivity contribution in [2.24, 2.45) is 0 Å². The monoisotopic (exact) mass is 349 g/mol. The number of hydrogen-bond acceptors (Lipinski definition) is 3. The first-order chi connectivity index (χ1) is 12.7. The summed E-state index contributed by atoms with van der Waals surface area (Å²) in [4.78, 5) is 25.1. The fraction of sp³-hybridized carbons (Fsp3) is 0.238. The van der Waals surface area contributed by atoms with Crippen LogP contribution in [0.25, 0.3) is 11.1 Å². The Bertz CT molecular complexity index is 844. The number of benzene rings is 2. The summed E-state index contributed by atoms with van der Waals surface area (Å²) in [6.07, 6.45) is 3.30. The largest absolute Gasteiger partial charge is 0.480 e. The Morgan fingerprint density at radius 2 is 1.62 bits per heavy atom. The molecule has 2 aromatic carbocycles. The van der Waals surface area contributed by atoms with Gasteiger partial charge in [-0.05, 0) is 28.7 Å². The van der Waals surface area contributed by atoms with Gasteiger partial charge in [0.25, 0.3) is 0 Å². The zero-order chi connectivity index (χ0) is 18.1. The molecule has 1 atom stereocenters. The quantitative estimate of drug-likeness (QED) is 0.859. The lowest BCUT2D eigenvalue weighted by Crippen LogP contribution is -2.47. The van der Waals surface area contributed by atoms with Crippen LogP contribution in [0, 0.1) is 0 Å². The van der Waals surface area contributed by atoms with Gasteiger partial charge in [-0.2, -0.15) is 0 Å². The second-order valence-electron chi connectivity index (χ2n) is 6.52. The van der Waals surface area contributed by atoms with Gasteiger partial charge >= 0.3 is 12.1 Å². The van der Waals surface area contributed by atoms with Crippen LogP contribution in [0.3, 0.4) is 0 Å². The molecule has 1 aliphatic carbocycles.